The van der Waals surface area contributed by atoms with Crippen molar-refractivity contribution >= 4 is 17.3 Å². The summed E-state index contributed by atoms with van der Waals surface area (Å²) in [5.41, 5.74) is 0.603. The van der Waals surface area contributed by atoms with E-state index in [1.165, 1.54) is 24.8 Å². The van der Waals surface area contributed by atoms with Gasteiger partial charge in [0.05, 0.1) is 12.8 Å². The van der Waals surface area contributed by atoms with E-state index in [1.54, 1.807) is 6.92 Å². The second kappa shape index (κ2) is 3.77. The number of ether oxygens (including phenoxy) is 1. The minimum absolute atomic E-state index is 0.373. The third kappa shape index (κ3) is 1.73. The molecule has 0 aliphatic heterocycles. The van der Waals surface area contributed by atoms with Gasteiger partial charge in [-0.2, -0.15) is 4.98 Å². The van der Waals surface area contributed by atoms with Gasteiger partial charge in [0.25, 0.3) is 0 Å². The van der Waals surface area contributed by atoms with Gasteiger partial charge in [0.2, 0.25) is 12.2 Å². The lowest BCUT2D eigenvalue weighted by atomic mass is 10.4. The minimum atomic E-state index is -0.403. The molecule has 0 aliphatic rings. The lowest BCUT2D eigenvalue weighted by Gasteiger charge is -1.93. The zero-order chi connectivity index (χ0) is 10.8. The molecule has 0 spiro atoms. The molecule has 0 fully saturated rings. The van der Waals surface area contributed by atoms with Crippen LogP contribution in [0.3, 0.4) is 0 Å². The van der Waals surface area contributed by atoms with E-state index in [1.807, 2.05) is 0 Å². The predicted molar refractivity (Wildman–Crippen MR) is 51.5 cm³/mol. The maximum atomic E-state index is 11.3. The standard InChI is InChI=1S/C8H7N3O3S/c1-4-5(8(12)13-2)15-7(10-4)6-9-3-14-11-6/h3H,1-2H3. The minimum Gasteiger partial charge on any atom is -0.465 e. The number of thiazole rings is 1. The van der Waals surface area contributed by atoms with Crippen molar-refractivity contribution in [1.82, 2.24) is 15.1 Å². The van der Waals surface area contributed by atoms with Crippen LogP contribution in [0.15, 0.2) is 10.9 Å². The average Bonchev–Trinajstić information content (AvgIpc) is 2.84. The van der Waals surface area contributed by atoms with Crippen LogP contribution in [0.1, 0.15) is 15.4 Å². The molecule has 0 aliphatic carbocycles. The first kappa shape index (κ1) is 9.78. The topological polar surface area (TPSA) is 78.1 Å². The molecule has 0 bridgehead atoms. The molecule has 2 aromatic heterocycles. The van der Waals surface area contributed by atoms with Gasteiger partial charge in [-0.15, -0.1) is 11.3 Å². The Labute approximate surface area is 88.9 Å². The molecule has 0 unspecified atom stereocenters. The number of hydrogen-bond acceptors (Lipinski definition) is 7. The summed E-state index contributed by atoms with van der Waals surface area (Å²) in [6.45, 7) is 1.73. The predicted octanol–water partition coefficient (Wildman–Crippen LogP) is 1.29. The zero-order valence-corrected chi connectivity index (χ0v) is 8.87. The Bertz CT molecular complexity index is 477. The summed E-state index contributed by atoms with van der Waals surface area (Å²) in [6.07, 6.45) is 1.21. The molecule has 78 valence electrons. The van der Waals surface area contributed by atoms with Crippen molar-refractivity contribution < 1.29 is 14.1 Å². The molecule has 2 aromatic rings. The summed E-state index contributed by atoms with van der Waals surface area (Å²) < 4.78 is 9.21. The number of rotatable bonds is 2. The van der Waals surface area contributed by atoms with Crippen LogP contribution >= 0.6 is 11.3 Å². The molecular formula is C8H7N3O3S. The summed E-state index contributed by atoms with van der Waals surface area (Å²) in [4.78, 5) is 19.8. The number of hydrogen-bond donors (Lipinski definition) is 0. The van der Waals surface area contributed by atoms with Crippen LogP contribution in [0, 0.1) is 6.92 Å². The van der Waals surface area contributed by atoms with Crippen molar-refractivity contribution in [2.75, 3.05) is 7.11 Å². The van der Waals surface area contributed by atoms with Crippen molar-refractivity contribution in [3.8, 4) is 10.8 Å². The van der Waals surface area contributed by atoms with Crippen LogP contribution in [0.25, 0.3) is 10.8 Å². The smallest absolute Gasteiger partial charge is 0.349 e. The molecule has 0 amide bonds. The fourth-order valence-electron chi connectivity index (χ4n) is 1.04. The molecule has 0 atom stereocenters. The van der Waals surface area contributed by atoms with Gasteiger partial charge in [-0.05, 0) is 6.92 Å². The maximum absolute atomic E-state index is 11.3. The Morgan fingerprint density at radius 2 is 2.40 bits per heavy atom. The highest BCUT2D eigenvalue weighted by molar-refractivity contribution is 7.16. The number of carbonyl (C=O) groups excluding carboxylic acids is 1. The molecule has 6 nitrogen and oxygen atoms in total. The normalized spacial score (nSPS) is 10.3. The fourth-order valence-corrected chi connectivity index (χ4v) is 1.96. The first-order valence-corrected chi connectivity index (χ1v) is 4.86. The molecule has 15 heavy (non-hydrogen) atoms. The molecule has 2 rings (SSSR count). The van der Waals surface area contributed by atoms with Crippen LogP contribution in [0.2, 0.25) is 0 Å². The number of carbonyl (C=O) groups is 1. The van der Waals surface area contributed by atoms with E-state index in [9.17, 15) is 4.79 Å². The second-order valence-electron chi connectivity index (χ2n) is 2.68. The summed E-state index contributed by atoms with van der Waals surface area (Å²) in [7, 11) is 1.33. The van der Waals surface area contributed by atoms with Gasteiger partial charge in [0, 0.05) is 0 Å². The van der Waals surface area contributed by atoms with Crippen molar-refractivity contribution in [3.05, 3.63) is 17.0 Å². The Morgan fingerprint density at radius 1 is 1.60 bits per heavy atom. The Balaban J connectivity index is 2.41. The van der Waals surface area contributed by atoms with Gasteiger partial charge < -0.3 is 9.26 Å². The van der Waals surface area contributed by atoms with Gasteiger partial charge in [-0.3, -0.25) is 0 Å². The fraction of sp³-hybridized carbons (Fsp3) is 0.250. The van der Waals surface area contributed by atoms with Crippen LogP contribution in [-0.2, 0) is 4.74 Å². The molecule has 2 heterocycles. The molecule has 0 saturated heterocycles. The maximum Gasteiger partial charge on any atom is 0.349 e. The molecule has 0 N–H and O–H groups in total. The molecule has 0 aromatic carbocycles. The van der Waals surface area contributed by atoms with Crippen LogP contribution in [-0.4, -0.2) is 28.2 Å². The van der Waals surface area contributed by atoms with E-state index >= 15 is 0 Å². The quantitative estimate of drug-likeness (QED) is 0.716. The number of aromatic nitrogens is 3. The number of nitrogens with zero attached hydrogens (tertiary/aromatic N) is 3. The van der Waals surface area contributed by atoms with Crippen LogP contribution in [0.5, 0.6) is 0 Å². The zero-order valence-electron chi connectivity index (χ0n) is 8.05. The van der Waals surface area contributed by atoms with E-state index < -0.39 is 5.97 Å². The van der Waals surface area contributed by atoms with E-state index in [-0.39, 0.29) is 0 Å². The Morgan fingerprint density at radius 3 is 3.00 bits per heavy atom. The van der Waals surface area contributed by atoms with Gasteiger partial charge in [-0.25, -0.2) is 9.78 Å². The molecule has 7 heteroatoms. The first-order chi connectivity index (χ1) is 7.22. The largest absolute Gasteiger partial charge is 0.465 e. The third-order valence-corrected chi connectivity index (χ3v) is 2.85. The highest BCUT2D eigenvalue weighted by Gasteiger charge is 2.18. The van der Waals surface area contributed by atoms with E-state index in [4.69, 9.17) is 0 Å². The van der Waals surface area contributed by atoms with Gasteiger partial charge in [0.1, 0.15) is 4.88 Å². The van der Waals surface area contributed by atoms with Crippen LogP contribution in [0.4, 0.5) is 0 Å². The summed E-state index contributed by atoms with van der Waals surface area (Å²) in [6, 6.07) is 0. The van der Waals surface area contributed by atoms with Crippen molar-refractivity contribution in [3.63, 3.8) is 0 Å². The number of aryl methyl sites for hydroxylation is 1. The van der Waals surface area contributed by atoms with Gasteiger partial charge in [-0.1, -0.05) is 5.16 Å². The SMILES string of the molecule is COC(=O)c1sc(-c2ncon2)nc1C. The lowest BCUT2D eigenvalue weighted by molar-refractivity contribution is 0.0605. The Hall–Kier alpha value is -1.76. The molecule has 0 radical (unpaired) electrons. The summed E-state index contributed by atoms with van der Waals surface area (Å²) in [5.74, 6) is -0.0296. The van der Waals surface area contributed by atoms with Crippen molar-refractivity contribution in [1.29, 1.82) is 0 Å². The van der Waals surface area contributed by atoms with E-state index in [2.05, 4.69) is 24.4 Å². The van der Waals surface area contributed by atoms with Crippen molar-refractivity contribution in [2.45, 2.75) is 6.92 Å². The number of esters is 1. The van der Waals surface area contributed by atoms with Crippen molar-refractivity contribution in [2.24, 2.45) is 0 Å². The molecular weight excluding hydrogens is 218 g/mol. The molecule has 0 saturated carbocycles. The lowest BCUT2D eigenvalue weighted by Crippen LogP contribution is -1.99. The summed E-state index contributed by atoms with van der Waals surface area (Å²) >= 11 is 1.18. The summed E-state index contributed by atoms with van der Waals surface area (Å²) in [5, 5.41) is 4.18. The van der Waals surface area contributed by atoms with E-state index in [0.717, 1.165) is 0 Å². The van der Waals surface area contributed by atoms with Gasteiger partial charge in [0.15, 0.2) is 5.01 Å². The Kier molecular flexibility index (Phi) is 2.46. The highest BCUT2D eigenvalue weighted by atomic mass is 32.1. The third-order valence-electron chi connectivity index (χ3n) is 1.72. The monoisotopic (exact) mass is 225 g/mol. The van der Waals surface area contributed by atoms with E-state index in [0.29, 0.717) is 21.4 Å². The number of methoxy groups -OCH3 is 1. The van der Waals surface area contributed by atoms with Crippen LogP contribution < -0.4 is 0 Å². The van der Waals surface area contributed by atoms with Gasteiger partial charge >= 0.3 is 5.97 Å². The second-order valence-corrected chi connectivity index (χ2v) is 3.68. The highest BCUT2D eigenvalue weighted by Crippen LogP contribution is 2.25. The average molecular weight is 225 g/mol. The first-order valence-electron chi connectivity index (χ1n) is 4.05.